The van der Waals surface area contributed by atoms with Crippen molar-refractivity contribution >= 4 is 11.8 Å². The molecule has 50 heavy (non-hydrogen) atoms. The van der Waals surface area contributed by atoms with Crippen LogP contribution in [0.4, 0.5) is 0 Å². The molecule has 1 aromatic heterocycles. The van der Waals surface area contributed by atoms with Gasteiger partial charge in [0, 0.05) is 18.3 Å². The van der Waals surface area contributed by atoms with Crippen molar-refractivity contribution in [2.24, 2.45) is 51.2 Å². The van der Waals surface area contributed by atoms with Gasteiger partial charge in [-0.2, -0.15) is 0 Å². The van der Waals surface area contributed by atoms with Crippen LogP contribution in [0.2, 0.25) is 0 Å². The van der Waals surface area contributed by atoms with Gasteiger partial charge in [0.1, 0.15) is 0 Å². The lowest BCUT2D eigenvalue weighted by atomic mass is 9.36. The molecule has 5 aliphatic rings. The van der Waals surface area contributed by atoms with E-state index in [1.165, 1.54) is 44.9 Å². The number of allylic oxidation sites excluding steroid dienone is 1. The minimum atomic E-state index is -0.213. The van der Waals surface area contributed by atoms with Crippen LogP contribution < -0.4 is 10.6 Å². The van der Waals surface area contributed by atoms with Crippen LogP contribution in [0.5, 0.6) is 0 Å². The minimum Gasteiger partial charge on any atom is -0.393 e. The number of pyridine rings is 1. The first-order valence-electron chi connectivity index (χ1n) is 19.7. The normalized spacial score (nSPS) is 36.6. The number of aliphatic hydroxyl groups excluding tert-OH is 1. The maximum absolute atomic E-state index is 14.2. The number of benzene rings is 1. The minimum absolute atomic E-state index is 0.00967. The second-order valence-corrected chi connectivity index (χ2v) is 17.7. The third kappa shape index (κ3) is 6.48. The average molecular weight is 682 g/mol. The zero-order valence-corrected chi connectivity index (χ0v) is 31.5. The first kappa shape index (κ1) is 36.8. The highest BCUT2D eigenvalue weighted by Gasteiger charge is 2.67. The SMILES string of the molecule is C=CC.CC1(C)C(O)CCC2(C)C1CCC1(C)C3CCC4(C(=O)NCCc5cccc(C(=O)NCc6ccccn6)c5)CCCC4C3CCC12. The summed E-state index contributed by atoms with van der Waals surface area (Å²) in [5, 5.41) is 17.4. The molecule has 5 aliphatic carbocycles. The lowest BCUT2D eigenvalue weighted by Gasteiger charge is -2.69. The summed E-state index contributed by atoms with van der Waals surface area (Å²) in [5.41, 5.74) is 2.95. The molecular formula is C44H63N3O3. The molecule has 5 saturated carbocycles. The summed E-state index contributed by atoms with van der Waals surface area (Å²) < 4.78 is 0. The molecule has 3 N–H and O–H groups in total. The van der Waals surface area contributed by atoms with Crippen LogP contribution in [0, 0.1) is 51.2 Å². The Hall–Kier alpha value is -2.99. The number of hydrogen-bond acceptors (Lipinski definition) is 4. The molecule has 6 heteroatoms. The van der Waals surface area contributed by atoms with E-state index in [1.54, 1.807) is 12.3 Å². The number of carbonyl (C=O) groups is 2. The zero-order chi connectivity index (χ0) is 35.7. The summed E-state index contributed by atoms with van der Waals surface area (Å²) in [6.07, 6.45) is 16.8. The molecule has 9 atom stereocenters. The van der Waals surface area contributed by atoms with Crippen molar-refractivity contribution in [3.05, 3.63) is 78.1 Å². The second kappa shape index (κ2) is 14.6. The van der Waals surface area contributed by atoms with Crippen LogP contribution in [-0.4, -0.2) is 34.6 Å². The third-order valence-corrected chi connectivity index (χ3v) is 15.0. The predicted molar refractivity (Wildman–Crippen MR) is 201 cm³/mol. The number of nitrogens with one attached hydrogen (secondary N) is 2. The molecule has 9 unspecified atom stereocenters. The van der Waals surface area contributed by atoms with E-state index in [4.69, 9.17) is 0 Å². The standard InChI is InChI=1S/C41H57N3O3.C3H6/c1-38(2)33-16-20-39(3)31-15-22-41(19-8-12-32(41)30(31)13-14-34(39)40(33,4)21-17-35(38)45)37(47)43-24-18-27-9-7-10-28(25-27)36(46)44-26-29-11-5-6-23-42-29;1-3-2/h5-7,9-11,23,25,30-35,45H,8,12-22,24,26H2,1-4H3,(H,43,47)(H,44,46);3H,1H2,2H3. The number of aromatic nitrogens is 1. The Labute approximate surface area is 301 Å². The van der Waals surface area contributed by atoms with Crippen LogP contribution in [0.25, 0.3) is 0 Å². The fourth-order valence-corrected chi connectivity index (χ4v) is 12.7. The number of nitrogens with zero attached hydrogens (tertiary/aromatic N) is 1. The van der Waals surface area contributed by atoms with Gasteiger partial charge in [0.05, 0.1) is 23.8 Å². The Bertz CT molecular complexity index is 1520. The van der Waals surface area contributed by atoms with Crippen LogP contribution in [0.3, 0.4) is 0 Å². The number of amides is 2. The van der Waals surface area contributed by atoms with Gasteiger partial charge >= 0.3 is 0 Å². The van der Waals surface area contributed by atoms with E-state index in [1.807, 2.05) is 49.4 Å². The quantitative estimate of drug-likeness (QED) is 0.255. The summed E-state index contributed by atoms with van der Waals surface area (Å²) in [7, 11) is 0. The van der Waals surface area contributed by atoms with E-state index >= 15 is 0 Å². The molecule has 1 aromatic carbocycles. The highest BCUT2D eigenvalue weighted by molar-refractivity contribution is 5.94. The van der Waals surface area contributed by atoms with Crippen LogP contribution >= 0.6 is 0 Å². The van der Waals surface area contributed by atoms with Crippen molar-refractivity contribution in [1.29, 1.82) is 0 Å². The summed E-state index contributed by atoms with van der Waals surface area (Å²) in [6.45, 7) is 16.1. The number of aliphatic hydroxyl groups is 1. The van der Waals surface area contributed by atoms with Crippen LogP contribution in [0.1, 0.15) is 127 Å². The Balaban J connectivity index is 0.00000139. The van der Waals surface area contributed by atoms with Gasteiger partial charge in [0.25, 0.3) is 5.91 Å². The molecule has 0 aliphatic heterocycles. The first-order valence-corrected chi connectivity index (χ1v) is 19.7. The van der Waals surface area contributed by atoms with Crippen molar-refractivity contribution in [1.82, 2.24) is 15.6 Å². The molecule has 6 nitrogen and oxygen atoms in total. The average Bonchev–Trinajstić information content (AvgIpc) is 3.56. The zero-order valence-electron chi connectivity index (χ0n) is 31.5. The molecular weight excluding hydrogens is 619 g/mol. The highest BCUT2D eigenvalue weighted by atomic mass is 16.3. The van der Waals surface area contributed by atoms with E-state index in [-0.39, 0.29) is 28.7 Å². The molecule has 2 amide bonds. The van der Waals surface area contributed by atoms with Gasteiger partial charge in [0.15, 0.2) is 0 Å². The molecule has 2 aromatic rings. The number of carbonyl (C=O) groups excluding carboxylic acids is 2. The summed E-state index contributed by atoms with van der Waals surface area (Å²) in [6, 6.07) is 13.5. The summed E-state index contributed by atoms with van der Waals surface area (Å²) >= 11 is 0. The van der Waals surface area contributed by atoms with E-state index in [2.05, 4.69) is 49.9 Å². The fraction of sp³-hybridized carbons (Fsp3) is 0.659. The van der Waals surface area contributed by atoms with Gasteiger partial charge in [-0.3, -0.25) is 14.6 Å². The summed E-state index contributed by atoms with van der Waals surface area (Å²) in [4.78, 5) is 31.3. The third-order valence-electron chi connectivity index (χ3n) is 15.0. The molecule has 5 fully saturated rings. The predicted octanol–water partition coefficient (Wildman–Crippen LogP) is 8.69. The molecule has 0 saturated heterocycles. The van der Waals surface area contributed by atoms with E-state index in [0.717, 1.165) is 42.9 Å². The smallest absolute Gasteiger partial charge is 0.251 e. The largest absolute Gasteiger partial charge is 0.393 e. The van der Waals surface area contributed by atoms with Gasteiger partial charge in [-0.05, 0) is 153 Å². The van der Waals surface area contributed by atoms with Gasteiger partial charge in [-0.25, -0.2) is 0 Å². The van der Waals surface area contributed by atoms with Gasteiger partial charge in [-0.15, -0.1) is 6.58 Å². The summed E-state index contributed by atoms with van der Waals surface area (Å²) in [5.74, 6) is 3.36. The van der Waals surface area contributed by atoms with E-state index in [0.29, 0.717) is 59.6 Å². The topological polar surface area (TPSA) is 91.3 Å². The van der Waals surface area contributed by atoms with Crippen LogP contribution in [0.15, 0.2) is 61.3 Å². The molecule has 272 valence electrons. The number of rotatable bonds is 7. The fourth-order valence-electron chi connectivity index (χ4n) is 12.7. The molecule has 0 spiro atoms. The first-order chi connectivity index (χ1) is 23.9. The molecule has 1 heterocycles. The van der Waals surface area contributed by atoms with Crippen molar-refractivity contribution in [3.63, 3.8) is 0 Å². The lowest BCUT2D eigenvalue weighted by molar-refractivity contribution is -0.214. The van der Waals surface area contributed by atoms with E-state index < -0.39 is 0 Å². The van der Waals surface area contributed by atoms with Gasteiger partial charge in [0.2, 0.25) is 5.91 Å². The van der Waals surface area contributed by atoms with E-state index in [9.17, 15) is 14.7 Å². The van der Waals surface area contributed by atoms with Crippen molar-refractivity contribution in [2.45, 2.75) is 124 Å². The Morgan fingerprint density at radius 2 is 1.66 bits per heavy atom. The number of fused-ring (bicyclic) bond motifs is 7. The molecule has 0 bridgehead atoms. The van der Waals surface area contributed by atoms with Gasteiger partial charge in [-0.1, -0.05) is 58.4 Å². The Kier molecular flexibility index (Phi) is 10.7. The lowest BCUT2D eigenvalue weighted by Crippen LogP contribution is -2.63. The van der Waals surface area contributed by atoms with Gasteiger partial charge < -0.3 is 15.7 Å². The maximum Gasteiger partial charge on any atom is 0.251 e. The maximum atomic E-state index is 14.2. The van der Waals surface area contributed by atoms with Crippen LogP contribution in [-0.2, 0) is 17.8 Å². The monoisotopic (exact) mass is 681 g/mol. The Morgan fingerprint density at radius 1 is 0.880 bits per heavy atom. The van der Waals surface area contributed by atoms with Crippen molar-refractivity contribution in [3.8, 4) is 0 Å². The Morgan fingerprint density at radius 3 is 2.42 bits per heavy atom. The number of hydrogen-bond donors (Lipinski definition) is 3. The van der Waals surface area contributed by atoms with Crippen molar-refractivity contribution in [2.75, 3.05) is 6.54 Å². The molecule has 0 radical (unpaired) electrons. The van der Waals surface area contributed by atoms with Crippen molar-refractivity contribution < 1.29 is 14.7 Å². The molecule has 7 rings (SSSR count). The highest BCUT2D eigenvalue weighted by Crippen LogP contribution is 2.73. The second-order valence-electron chi connectivity index (χ2n) is 17.7.